The van der Waals surface area contributed by atoms with Crippen molar-refractivity contribution in [3.05, 3.63) is 24.3 Å². The molecule has 4 aliphatic carbocycles. The van der Waals surface area contributed by atoms with Crippen LogP contribution >= 0.6 is 0 Å². The van der Waals surface area contributed by atoms with Crippen LogP contribution in [0.1, 0.15) is 92.9 Å². The normalized spacial score (nSPS) is 47.8. The summed E-state index contributed by atoms with van der Waals surface area (Å²) >= 11 is 0. The monoisotopic (exact) mass is 444 g/mol. The smallest absolute Gasteiger partial charge is 0.129 e. The molecule has 0 unspecified atom stereocenters. The van der Waals surface area contributed by atoms with Crippen molar-refractivity contribution in [2.75, 3.05) is 0 Å². The standard InChI is InChI=1S/C29H48O3/c1-7-21(19(2)3)9-8-20(4)24-10-11-25-23-13-17-29(32-31)18-22(30)12-16-28(29,6)26(23)14-15-27(24,25)5/h8-9,13,17,19-26,30-31H,7,10-12,14-16,18H2,1-6H3/b9-8+/t20-,21-,22+,23+,24-,25+,26+,27-,28-,29-/m1/s1. The van der Waals surface area contributed by atoms with Gasteiger partial charge in [0.05, 0.1) is 6.10 Å². The number of allylic oxidation sites excluding steroid dienone is 3. The van der Waals surface area contributed by atoms with Crippen LogP contribution in [0, 0.1) is 52.3 Å². The van der Waals surface area contributed by atoms with Gasteiger partial charge in [0.1, 0.15) is 5.60 Å². The molecule has 32 heavy (non-hydrogen) atoms. The Hall–Kier alpha value is -0.640. The van der Waals surface area contributed by atoms with Crippen LogP contribution in [0.3, 0.4) is 0 Å². The van der Waals surface area contributed by atoms with Gasteiger partial charge in [-0.15, -0.1) is 0 Å². The van der Waals surface area contributed by atoms with E-state index in [1.54, 1.807) is 0 Å². The number of fused-ring (bicyclic) bond motifs is 5. The number of hydrogen-bond donors (Lipinski definition) is 2. The maximum atomic E-state index is 10.4. The summed E-state index contributed by atoms with van der Waals surface area (Å²) in [4.78, 5) is 5.23. The highest BCUT2D eigenvalue weighted by Gasteiger charge is 2.64. The Morgan fingerprint density at radius 3 is 2.44 bits per heavy atom. The molecule has 0 aromatic carbocycles. The highest BCUT2D eigenvalue weighted by atomic mass is 17.1. The molecule has 3 saturated carbocycles. The average Bonchev–Trinajstić information content (AvgIpc) is 3.11. The highest BCUT2D eigenvalue weighted by Crippen LogP contribution is 2.68. The second-order valence-electron chi connectivity index (χ2n) is 12.7. The molecule has 2 N–H and O–H groups in total. The molecule has 0 aromatic heterocycles. The first-order chi connectivity index (χ1) is 15.1. The summed E-state index contributed by atoms with van der Waals surface area (Å²) in [5.41, 5.74) is -0.435. The quantitative estimate of drug-likeness (QED) is 0.257. The zero-order chi connectivity index (χ0) is 23.3. The van der Waals surface area contributed by atoms with Crippen molar-refractivity contribution < 1.29 is 15.3 Å². The molecule has 0 radical (unpaired) electrons. The molecular weight excluding hydrogens is 396 g/mol. The van der Waals surface area contributed by atoms with Crippen molar-refractivity contribution in [2.45, 2.75) is 105 Å². The molecule has 3 nitrogen and oxygen atoms in total. The van der Waals surface area contributed by atoms with Crippen molar-refractivity contribution in [1.29, 1.82) is 0 Å². The van der Waals surface area contributed by atoms with Gasteiger partial charge in [0.25, 0.3) is 0 Å². The van der Waals surface area contributed by atoms with Crippen molar-refractivity contribution in [3.8, 4) is 0 Å². The van der Waals surface area contributed by atoms with Gasteiger partial charge in [0.2, 0.25) is 0 Å². The first-order valence-corrected chi connectivity index (χ1v) is 13.5. The Balaban J connectivity index is 1.57. The van der Waals surface area contributed by atoms with Gasteiger partial charge in [0, 0.05) is 11.8 Å². The van der Waals surface area contributed by atoms with E-state index in [0.29, 0.717) is 47.3 Å². The van der Waals surface area contributed by atoms with Crippen molar-refractivity contribution in [3.63, 3.8) is 0 Å². The van der Waals surface area contributed by atoms with Crippen molar-refractivity contribution >= 4 is 0 Å². The Labute approximate surface area is 196 Å². The second kappa shape index (κ2) is 8.86. The highest BCUT2D eigenvalue weighted by molar-refractivity contribution is 5.25. The molecule has 0 bridgehead atoms. The minimum absolute atomic E-state index is 0.100. The van der Waals surface area contributed by atoms with Crippen LogP contribution in [-0.4, -0.2) is 22.1 Å². The third kappa shape index (κ3) is 3.66. The van der Waals surface area contributed by atoms with E-state index in [1.165, 1.54) is 32.1 Å². The van der Waals surface area contributed by atoms with E-state index in [1.807, 2.05) is 0 Å². The van der Waals surface area contributed by atoms with E-state index in [2.05, 4.69) is 65.8 Å². The van der Waals surface area contributed by atoms with Crippen LogP contribution < -0.4 is 0 Å². The molecule has 3 fully saturated rings. The maximum Gasteiger partial charge on any atom is 0.129 e. The van der Waals surface area contributed by atoms with Gasteiger partial charge < -0.3 is 5.11 Å². The third-order valence-electron chi connectivity index (χ3n) is 11.1. The minimum Gasteiger partial charge on any atom is -0.393 e. The van der Waals surface area contributed by atoms with E-state index in [0.717, 1.165) is 18.8 Å². The van der Waals surface area contributed by atoms with Crippen LogP contribution in [0.15, 0.2) is 24.3 Å². The molecule has 0 amide bonds. The molecule has 4 rings (SSSR count). The molecule has 4 aliphatic rings. The molecule has 10 atom stereocenters. The predicted octanol–water partition coefficient (Wildman–Crippen LogP) is 7.27. The van der Waals surface area contributed by atoms with E-state index in [4.69, 9.17) is 4.89 Å². The number of aliphatic hydroxyl groups excluding tert-OH is 1. The first-order valence-electron chi connectivity index (χ1n) is 13.5. The van der Waals surface area contributed by atoms with Crippen LogP contribution in [0.5, 0.6) is 0 Å². The molecule has 0 saturated heterocycles. The average molecular weight is 445 g/mol. The number of rotatable bonds is 6. The van der Waals surface area contributed by atoms with Crippen molar-refractivity contribution in [2.24, 2.45) is 52.3 Å². The van der Waals surface area contributed by atoms with Crippen LogP contribution in [0.2, 0.25) is 0 Å². The fraction of sp³-hybridized carbons (Fsp3) is 0.862. The Morgan fingerprint density at radius 1 is 1.03 bits per heavy atom. The van der Waals surface area contributed by atoms with E-state index in [9.17, 15) is 10.4 Å². The summed E-state index contributed by atoms with van der Waals surface area (Å²) in [6.07, 6.45) is 17.8. The second-order valence-corrected chi connectivity index (χ2v) is 12.7. The van der Waals surface area contributed by atoms with Gasteiger partial charge in [-0.3, -0.25) is 5.26 Å². The Bertz CT molecular complexity index is 728. The summed E-state index contributed by atoms with van der Waals surface area (Å²) in [6, 6.07) is 0. The molecule has 0 aliphatic heterocycles. The fourth-order valence-electron chi connectivity index (χ4n) is 8.95. The maximum absolute atomic E-state index is 10.4. The van der Waals surface area contributed by atoms with Gasteiger partial charge >= 0.3 is 0 Å². The van der Waals surface area contributed by atoms with Gasteiger partial charge in [-0.25, -0.2) is 4.89 Å². The summed E-state index contributed by atoms with van der Waals surface area (Å²) in [6.45, 7) is 14.4. The molecule has 0 spiro atoms. The predicted molar refractivity (Wildman–Crippen MR) is 131 cm³/mol. The molecule has 182 valence electrons. The zero-order valence-electron chi connectivity index (χ0n) is 21.4. The SMILES string of the molecule is CC[C@H](/C=C/[C@@H](C)[C@H]1CC[C@H]2[C@@H]3C=C[C@@]4(OO)C[C@@H](O)CC[C@]4(C)[C@H]3CC[C@]12C)C(C)C. The fourth-order valence-corrected chi connectivity index (χ4v) is 8.95. The van der Waals surface area contributed by atoms with E-state index < -0.39 is 5.60 Å². The Kier molecular flexibility index (Phi) is 6.78. The molecule has 3 heteroatoms. The van der Waals surface area contributed by atoms with E-state index >= 15 is 0 Å². The van der Waals surface area contributed by atoms with E-state index in [-0.39, 0.29) is 11.5 Å². The zero-order valence-corrected chi connectivity index (χ0v) is 21.4. The Morgan fingerprint density at radius 2 is 1.78 bits per heavy atom. The summed E-state index contributed by atoms with van der Waals surface area (Å²) in [5.74, 6) is 4.59. The number of hydrogen-bond acceptors (Lipinski definition) is 3. The largest absolute Gasteiger partial charge is 0.393 e. The van der Waals surface area contributed by atoms with Crippen LogP contribution in [0.25, 0.3) is 0 Å². The molecular formula is C29H48O3. The van der Waals surface area contributed by atoms with Gasteiger partial charge in [-0.05, 0) is 91.8 Å². The lowest BCUT2D eigenvalue weighted by Crippen LogP contribution is -2.61. The number of aliphatic hydroxyl groups is 1. The first kappa shape index (κ1) is 24.5. The lowest BCUT2D eigenvalue weighted by molar-refractivity contribution is -0.361. The van der Waals surface area contributed by atoms with Gasteiger partial charge in [0.15, 0.2) is 0 Å². The molecule has 0 heterocycles. The van der Waals surface area contributed by atoms with Gasteiger partial charge in [-0.2, -0.15) is 0 Å². The third-order valence-corrected chi connectivity index (χ3v) is 11.1. The lowest BCUT2D eigenvalue weighted by Gasteiger charge is -2.61. The topological polar surface area (TPSA) is 49.7 Å². The summed E-state index contributed by atoms with van der Waals surface area (Å²) in [5, 5.41) is 20.3. The van der Waals surface area contributed by atoms with Crippen LogP contribution in [0.4, 0.5) is 0 Å². The van der Waals surface area contributed by atoms with Crippen molar-refractivity contribution in [1.82, 2.24) is 0 Å². The summed E-state index contributed by atoms with van der Waals surface area (Å²) in [7, 11) is 0. The van der Waals surface area contributed by atoms with Crippen LogP contribution in [-0.2, 0) is 4.89 Å². The summed E-state index contributed by atoms with van der Waals surface area (Å²) < 4.78 is 0. The minimum atomic E-state index is -0.723. The lowest BCUT2D eigenvalue weighted by atomic mass is 9.45. The van der Waals surface area contributed by atoms with Gasteiger partial charge in [-0.1, -0.05) is 65.8 Å². The molecule has 0 aromatic rings.